The number of phenolic OH excluding ortho intramolecular Hbond substituents is 1. The van der Waals surface area contributed by atoms with Crippen LogP contribution in [0, 0.1) is 11.6 Å². The molecular formula is C55H48F2N8O8. The quantitative estimate of drug-likeness (QED) is 0.0991. The lowest BCUT2D eigenvalue weighted by atomic mass is 9.99. The molecule has 18 heteroatoms. The lowest BCUT2D eigenvalue weighted by Crippen LogP contribution is -2.38. The van der Waals surface area contributed by atoms with Crippen LogP contribution in [0.25, 0.3) is 21.8 Å². The summed E-state index contributed by atoms with van der Waals surface area (Å²) in [6.45, 7) is 0.703. The molecule has 10 rings (SSSR count). The maximum Gasteiger partial charge on any atom is 0.427 e. The molecule has 2 aliphatic heterocycles. The highest BCUT2D eigenvalue weighted by atomic mass is 19.1. The summed E-state index contributed by atoms with van der Waals surface area (Å²) in [5, 5.41) is 14.6. The number of aromatic nitrogens is 2. The van der Waals surface area contributed by atoms with Crippen molar-refractivity contribution in [2.45, 2.75) is 32.3 Å². The van der Waals surface area contributed by atoms with E-state index in [1.807, 2.05) is 60.7 Å². The standard InChI is InChI=1S/C34H29FN4O4.C21H19FN4O4/c1-38(2)37-34(41)43-31-26-14-9-19-36-29(26)32(42-30(23-10-5-3-6-11-23)24-12-7-4-8-13-24)28-27(31)21-39(33(28)40)20-22-15-17-25(35)18-16-22;1-25(2)24-21(29)30-19-14-4-3-9-23-17(14)18(27)16-15(19)11-26(20(16)28)10-12-5-7-13(22)8-6-12/h3-19,30H,20-21H2,1-2H3,(H,37,41);3-9,27H,10-11H2,1-2H3,(H,24,29). The number of aromatic hydroxyl groups is 1. The minimum atomic E-state index is -0.734. The minimum Gasteiger partial charge on any atom is -0.505 e. The molecule has 6 aromatic carbocycles. The van der Waals surface area contributed by atoms with Crippen molar-refractivity contribution in [3.63, 3.8) is 0 Å². The van der Waals surface area contributed by atoms with Gasteiger partial charge in [0.1, 0.15) is 40.3 Å². The number of benzene rings is 6. The Morgan fingerprint density at radius 2 is 1.01 bits per heavy atom. The van der Waals surface area contributed by atoms with E-state index in [4.69, 9.17) is 14.2 Å². The Bertz CT molecular complexity index is 3330. The zero-order chi connectivity index (χ0) is 51.3. The molecule has 2 aromatic heterocycles. The number of hydrogen-bond acceptors (Lipinski definition) is 12. The third kappa shape index (κ3) is 10.6. The number of hydrogen-bond donors (Lipinski definition) is 3. The van der Waals surface area contributed by atoms with Crippen LogP contribution >= 0.6 is 0 Å². The first-order chi connectivity index (χ1) is 35.2. The van der Waals surface area contributed by atoms with Crippen LogP contribution in [0.15, 0.2) is 146 Å². The van der Waals surface area contributed by atoms with Crippen molar-refractivity contribution in [2.24, 2.45) is 0 Å². The average molecular weight is 987 g/mol. The number of halogens is 2. The molecule has 3 N–H and O–H groups in total. The summed E-state index contributed by atoms with van der Waals surface area (Å²) in [5.41, 5.74) is 10.1. The van der Waals surface area contributed by atoms with E-state index in [9.17, 15) is 33.1 Å². The molecule has 0 saturated heterocycles. The molecule has 0 aliphatic carbocycles. The number of phenols is 1. The topological polar surface area (TPSA) is 179 Å². The zero-order valence-electron chi connectivity index (χ0n) is 40.0. The smallest absolute Gasteiger partial charge is 0.427 e. The monoisotopic (exact) mass is 986 g/mol. The summed E-state index contributed by atoms with van der Waals surface area (Å²) >= 11 is 0. The Balaban J connectivity index is 0.000000192. The van der Waals surface area contributed by atoms with Crippen molar-refractivity contribution >= 4 is 45.8 Å². The molecule has 0 bridgehead atoms. The van der Waals surface area contributed by atoms with E-state index in [2.05, 4.69) is 20.8 Å². The molecule has 8 aromatic rings. The van der Waals surface area contributed by atoms with Crippen LogP contribution < -0.4 is 25.1 Å². The molecule has 0 atom stereocenters. The van der Waals surface area contributed by atoms with Gasteiger partial charge in [0.2, 0.25) is 0 Å². The number of rotatable bonds is 12. The molecular weight excluding hydrogens is 939 g/mol. The van der Waals surface area contributed by atoms with Gasteiger partial charge in [-0.1, -0.05) is 84.9 Å². The minimum absolute atomic E-state index is 0.0518. The SMILES string of the molecule is CN(C)NC(=O)Oc1c2c(c(O)c3ncccc13)C(=O)N(Cc1ccc(F)cc1)C2.CN(C)NC(=O)Oc1c2c(c(OC(c3ccccc3)c3ccccc3)c3ncccc13)C(=O)N(Cc1ccc(F)cc1)C2. The maximum atomic E-state index is 14.2. The molecule has 4 amide bonds. The van der Waals surface area contributed by atoms with Gasteiger partial charge in [-0.15, -0.1) is 0 Å². The van der Waals surface area contributed by atoms with Crippen molar-refractivity contribution in [1.29, 1.82) is 0 Å². The predicted molar refractivity (Wildman–Crippen MR) is 266 cm³/mol. The Morgan fingerprint density at radius 3 is 1.48 bits per heavy atom. The number of pyridine rings is 2. The summed E-state index contributed by atoms with van der Waals surface area (Å²) < 4.78 is 45.0. The van der Waals surface area contributed by atoms with Gasteiger partial charge in [0, 0.05) is 75.6 Å². The highest BCUT2D eigenvalue weighted by Gasteiger charge is 2.39. The first-order valence-electron chi connectivity index (χ1n) is 23.0. The molecule has 16 nitrogen and oxygen atoms in total. The van der Waals surface area contributed by atoms with Crippen LogP contribution in [0.3, 0.4) is 0 Å². The van der Waals surface area contributed by atoms with Gasteiger partial charge in [-0.3, -0.25) is 30.4 Å². The van der Waals surface area contributed by atoms with E-state index in [1.165, 1.54) is 45.4 Å². The zero-order valence-corrected chi connectivity index (χ0v) is 40.0. The number of ether oxygens (including phenoxy) is 3. The van der Waals surface area contributed by atoms with E-state index in [1.54, 1.807) is 87.8 Å². The number of nitrogens with one attached hydrogen (secondary N) is 2. The van der Waals surface area contributed by atoms with E-state index in [0.29, 0.717) is 33.2 Å². The fourth-order valence-corrected chi connectivity index (χ4v) is 8.74. The second-order valence-corrected chi connectivity index (χ2v) is 17.5. The van der Waals surface area contributed by atoms with E-state index < -0.39 is 24.2 Å². The summed E-state index contributed by atoms with van der Waals surface area (Å²) in [5.74, 6) is -1.01. The number of hydrazine groups is 2. The van der Waals surface area contributed by atoms with Crippen LogP contribution in [0.1, 0.15) is 60.2 Å². The molecule has 4 heterocycles. The van der Waals surface area contributed by atoms with Gasteiger partial charge in [-0.05, 0) is 70.8 Å². The third-order valence-corrected chi connectivity index (χ3v) is 11.9. The average Bonchev–Trinajstić information content (AvgIpc) is 3.88. The molecule has 370 valence electrons. The summed E-state index contributed by atoms with van der Waals surface area (Å²) in [6.07, 6.45) is 1.10. The molecule has 73 heavy (non-hydrogen) atoms. The first kappa shape index (κ1) is 49.0. The molecule has 0 fully saturated rings. The van der Waals surface area contributed by atoms with E-state index >= 15 is 0 Å². The van der Waals surface area contributed by atoms with Crippen LogP contribution in [-0.4, -0.2) is 87.1 Å². The number of nitrogens with zero attached hydrogens (tertiary/aromatic N) is 6. The highest BCUT2D eigenvalue weighted by Crippen LogP contribution is 2.47. The van der Waals surface area contributed by atoms with Gasteiger partial charge in [0.05, 0.1) is 24.2 Å². The van der Waals surface area contributed by atoms with E-state index in [-0.39, 0.29) is 77.6 Å². The summed E-state index contributed by atoms with van der Waals surface area (Å²) in [6, 6.07) is 38.2. The maximum absolute atomic E-state index is 14.2. The first-order valence-corrected chi connectivity index (χ1v) is 23.0. The molecule has 2 aliphatic rings. The molecule has 0 spiro atoms. The Hall–Kier alpha value is -9.00. The summed E-state index contributed by atoms with van der Waals surface area (Å²) in [7, 11) is 6.61. The van der Waals surface area contributed by atoms with Crippen LogP contribution in [0.4, 0.5) is 18.4 Å². The number of amides is 4. The van der Waals surface area contributed by atoms with Crippen molar-refractivity contribution in [1.82, 2.24) is 40.6 Å². The fraction of sp³-hybridized carbons (Fsp3) is 0.164. The lowest BCUT2D eigenvalue weighted by Gasteiger charge is -2.23. The van der Waals surface area contributed by atoms with E-state index in [0.717, 1.165) is 22.3 Å². The molecule has 0 saturated carbocycles. The van der Waals surface area contributed by atoms with Crippen LogP contribution in [0.2, 0.25) is 0 Å². The van der Waals surface area contributed by atoms with Gasteiger partial charge in [0.15, 0.2) is 11.5 Å². The second kappa shape index (κ2) is 21.2. The summed E-state index contributed by atoms with van der Waals surface area (Å²) in [4.78, 5) is 64.2. The predicted octanol–water partition coefficient (Wildman–Crippen LogP) is 9.06. The van der Waals surface area contributed by atoms with Gasteiger partial charge in [-0.25, -0.2) is 28.4 Å². The Kier molecular flexibility index (Phi) is 14.2. The van der Waals surface area contributed by atoms with Gasteiger partial charge >= 0.3 is 12.2 Å². The second-order valence-electron chi connectivity index (χ2n) is 17.5. The van der Waals surface area contributed by atoms with Gasteiger partial charge in [0.25, 0.3) is 11.8 Å². The largest absolute Gasteiger partial charge is 0.505 e. The normalized spacial score (nSPS) is 12.8. The van der Waals surface area contributed by atoms with Crippen LogP contribution in [0.5, 0.6) is 23.0 Å². The van der Waals surface area contributed by atoms with Crippen molar-refractivity contribution in [3.8, 4) is 23.0 Å². The van der Waals surface area contributed by atoms with Crippen LogP contribution in [-0.2, 0) is 26.2 Å². The molecule has 0 unspecified atom stereocenters. The van der Waals surface area contributed by atoms with Crippen molar-refractivity contribution < 1.29 is 47.3 Å². The number of carbonyl (C=O) groups excluding carboxylic acids is 4. The Labute approximate surface area is 417 Å². The van der Waals surface area contributed by atoms with Crippen molar-refractivity contribution in [3.05, 3.63) is 202 Å². The van der Waals surface area contributed by atoms with Gasteiger partial charge in [-0.2, -0.15) is 0 Å². The third-order valence-electron chi connectivity index (χ3n) is 11.9. The van der Waals surface area contributed by atoms with Crippen molar-refractivity contribution in [2.75, 3.05) is 28.2 Å². The highest BCUT2D eigenvalue weighted by molar-refractivity contribution is 6.10. The number of carbonyl (C=O) groups is 4. The lowest BCUT2D eigenvalue weighted by molar-refractivity contribution is 0.0755. The molecule has 0 radical (unpaired) electrons. The fourth-order valence-electron chi connectivity index (χ4n) is 8.74. The number of fused-ring (bicyclic) bond motifs is 4. The Morgan fingerprint density at radius 1 is 0.589 bits per heavy atom. The van der Waals surface area contributed by atoms with Gasteiger partial charge < -0.3 is 29.1 Å².